The van der Waals surface area contributed by atoms with Crippen LogP contribution in [0.1, 0.15) is 23.0 Å². The van der Waals surface area contributed by atoms with Crippen LogP contribution in [-0.2, 0) is 0 Å². The molecule has 1 heterocycles. The Morgan fingerprint density at radius 1 is 1.03 bits per heavy atom. The maximum absolute atomic E-state index is 12.5. The summed E-state index contributed by atoms with van der Waals surface area (Å²) < 4.78 is 21.4. The highest BCUT2D eigenvalue weighted by Gasteiger charge is 2.13. The van der Waals surface area contributed by atoms with Gasteiger partial charge in [0.15, 0.2) is 11.5 Å². The number of hydrogen-bond acceptors (Lipinski definition) is 8. The second kappa shape index (κ2) is 10.8. The van der Waals surface area contributed by atoms with Crippen LogP contribution in [0.15, 0.2) is 53.9 Å². The van der Waals surface area contributed by atoms with Crippen molar-refractivity contribution < 1.29 is 23.7 Å². The molecule has 0 spiro atoms. The summed E-state index contributed by atoms with van der Waals surface area (Å²) in [6.07, 6.45) is 4.43. The van der Waals surface area contributed by atoms with Gasteiger partial charge in [-0.05, 0) is 43.3 Å². The van der Waals surface area contributed by atoms with E-state index in [9.17, 15) is 4.79 Å². The number of hydrogen-bond donors (Lipinski definition) is 1. The van der Waals surface area contributed by atoms with E-state index in [2.05, 4.69) is 20.5 Å². The first-order chi connectivity index (χ1) is 15.6. The first-order valence-electron chi connectivity index (χ1n) is 9.78. The minimum absolute atomic E-state index is 0.137. The van der Waals surface area contributed by atoms with E-state index < -0.39 is 5.91 Å². The van der Waals surface area contributed by atoms with Crippen molar-refractivity contribution in [2.45, 2.75) is 6.92 Å². The minimum Gasteiger partial charge on any atom is -0.494 e. The second-order valence-electron chi connectivity index (χ2n) is 6.40. The zero-order chi connectivity index (χ0) is 22.9. The summed E-state index contributed by atoms with van der Waals surface area (Å²) in [4.78, 5) is 21.0. The Kier molecular flexibility index (Phi) is 7.58. The summed E-state index contributed by atoms with van der Waals surface area (Å²) in [5.41, 5.74) is 4.62. The van der Waals surface area contributed by atoms with Gasteiger partial charge >= 0.3 is 0 Å². The number of amides is 1. The van der Waals surface area contributed by atoms with Crippen molar-refractivity contribution in [2.24, 2.45) is 5.10 Å². The average molecular weight is 436 g/mol. The molecule has 166 valence electrons. The number of nitrogens with one attached hydrogen (secondary N) is 1. The number of carbonyl (C=O) groups excluding carboxylic acids is 1. The average Bonchev–Trinajstić information content (AvgIpc) is 2.84. The Morgan fingerprint density at radius 2 is 1.72 bits per heavy atom. The van der Waals surface area contributed by atoms with Crippen LogP contribution in [0.3, 0.4) is 0 Å². The molecule has 1 N–H and O–H groups in total. The number of aromatic nitrogens is 2. The molecule has 1 aromatic heterocycles. The standard InChI is InChI=1S/C23H24N4O5/c1-5-32-17-8-6-16(7-9-17)18-13-24-14-19(26-18)23(28)27-25-12-15-10-20(29-2)22(31-4)21(11-15)30-3/h6-14H,5H2,1-4H3,(H,27,28)/b25-12+. The lowest BCUT2D eigenvalue weighted by Crippen LogP contribution is -2.19. The maximum Gasteiger partial charge on any atom is 0.291 e. The summed E-state index contributed by atoms with van der Waals surface area (Å²) in [5, 5.41) is 4.00. The molecular formula is C23H24N4O5. The molecule has 1 amide bonds. The van der Waals surface area contributed by atoms with Crippen molar-refractivity contribution in [2.75, 3.05) is 27.9 Å². The van der Waals surface area contributed by atoms with E-state index in [1.807, 2.05) is 31.2 Å². The molecule has 0 unspecified atom stereocenters. The number of ether oxygens (including phenoxy) is 4. The topological polar surface area (TPSA) is 104 Å². The summed E-state index contributed by atoms with van der Waals surface area (Å²) in [7, 11) is 4.57. The molecule has 3 rings (SSSR count). The first kappa shape index (κ1) is 22.5. The Hall–Kier alpha value is -4.14. The highest BCUT2D eigenvalue weighted by molar-refractivity contribution is 5.93. The molecule has 2 aromatic carbocycles. The maximum atomic E-state index is 12.5. The highest BCUT2D eigenvalue weighted by atomic mass is 16.5. The molecule has 0 aliphatic carbocycles. The van der Waals surface area contributed by atoms with Gasteiger partial charge in [-0.2, -0.15) is 5.10 Å². The molecule has 3 aromatic rings. The van der Waals surface area contributed by atoms with Crippen molar-refractivity contribution in [1.82, 2.24) is 15.4 Å². The first-order valence-corrected chi connectivity index (χ1v) is 9.78. The lowest BCUT2D eigenvalue weighted by atomic mass is 10.1. The van der Waals surface area contributed by atoms with Crippen molar-refractivity contribution in [3.63, 3.8) is 0 Å². The van der Waals surface area contributed by atoms with E-state index in [-0.39, 0.29) is 5.69 Å². The van der Waals surface area contributed by atoms with Gasteiger partial charge in [-0.3, -0.25) is 9.78 Å². The molecule has 0 aliphatic rings. The Bertz CT molecular complexity index is 1070. The van der Waals surface area contributed by atoms with Crippen molar-refractivity contribution in [3.8, 4) is 34.3 Å². The molecule has 0 saturated carbocycles. The Morgan fingerprint density at radius 3 is 2.31 bits per heavy atom. The van der Waals surface area contributed by atoms with Crippen LogP contribution < -0.4 is 24.4 Å². The molecule has 32 heavy (non-hydrogen) atoms. The third-order valence-corrected chi connectivity index (χ3v) is 4.40. The molecule has 0 atom stereocenters. The van der Waals surface area contributed by atoms with E-state index >= 15 is 0 Å². The van der Waals surface area contributed by atoms with Gasteiger partial charge in [0.05, 0.1) is 52.2 Å². The summed E-state index contributed by atoms with van der Waals surface area (Å²) in [5.74, 6) is 1.70. The quantitative estimate of drug-likeness (QED) is 0.405. The fraction of sp³-hybridized carbons (Fsp3) is 0.217. The fourth-order valence-corrected chi connectivity index (χ4v) is 2.90. The molecule has 9 heteroatoms. The number of hydrazone groups is 1. The predicted molar refractivity (Wildman–Crippen MR) is 120 cm³/mol. The van der Waals surface area contributed by atoms with Crippen molar-refractivity contribution in [1.29, 1.82) is 0 Å². The van der Waals surface area contributed by atoms with E-state index in [1.165, 1.54) is 33.7 Å². The van der Waals surface area contributed by atoms with Crippen LogP contribution in [0.5, 0.6) is 23.0 Å². The molecule has 0 saturated heterocycles. The Balaban J connectivity index is 1.73. The van der Waals surface area contributed by atoms with Crippen LogP contribution in [0.2, 0.25) is 0 Å². The largest absolute Gasteiger partial charge is 0.494 e. The van der Waals surface area contributed by atoms with E-state index in [1.54, 1.807) is 18.3 Å². The van der Waals surface area contributed by atoms with Gasteiger partial charge in [0.2, 0.25) is 5.75 Å². The lowest BCUT2D eigenvalue weighted by molar-refractivity contribution is 0.0950. The predicted octanol–water partition coefficient (Wildman–Crippen LogP) is 3.33. The van der Waals surface area contributed by atoms with Gasteiger partial charge in [-0.15, -0.1) is 0 Å². The van der Waals surface area contributed by atoms with Gasteiger partial charge < -0.3 is 18.9 Å². The lowest BCUT2D eigenvalue weighted by Gasteiger charge is -2.12. The summed E-state index contributed by atoms with van der Waals surface area (Å²) >= 11 is 0. The van der Waals surface area contributed by atoms with Crippen LogP contribution >= 0.6 is 0 Å². The highest BCUT2D eigenvalue weighted by Crippen LogP contribution is 2.37. The summed E-state index contributed by atoms with van der Waals surface area (Å²) in [6, 6.07) is 10.8. The van der Waals surface area contributed by atoms with Crippen molar-refractivity contribution >= 4 is 12.1 Å². The number of methoxy groups -OCH3 is 3. The van der Waals surface area contributed by atoms with Gasteiger partial charge in [-0.1, -0.05) is 0 Å². The van der Waals surface area contributed by atoms with E-state index in [4.69, 9.17) is 18.9 Å². The van der Waals surface area contributed by atoms with E-state index in [0.717, 1.165) is 11.3 Å². The molecule has 9 nitrogen and oxygen atoms in total. The van der Waals surface area contributed by atoms with Crippen LogP contribution in [-0.4, -0.2) is 50.0 Å². The van der Waals surface area contributed by atoms with Crippen LogP contribution in [0.4, 0.5) is 0 Å². The third-order valence-electron chi connectivity index (χ3n) is 4.40. The van der Waals surface area contributed by atoms with Crippen LogP contribution in [0, 0.1) is 0 Å². The second-order valence-corrected chi connectivity index (χ2v) is 6.40. The summed E-state index contributed by atoms with van der Waals surface area (Å²) in [6.45, 7) is 2.51. The zero-order valence-electron chi connectivity index (χ0n) is 18.3. The monoisotopic (exact) mass is 436 g/mol. The van der Waals surface area contributed by atoms with Crippen LogP contribution in [0.25, 0.3) is 11.3 Å². The van der Waals surface area contributed by atoms with Gasteiger partial charge in [0, 0.05) is 11.1 Å². The normalized spacial score (nSPS) is 10.6. The fourth-order valence-electron chi connectivity index (χ4n) is 2.90. The number of benzene rings is 2. The Labute approximate surface area is 186 Å². The molecule has 0 radical (unpaired) electrons. The zero-order valence-corrected chi connectivity index (χ0v) is 18.3. The SMILES string of the molecule is CCOc1ccc(-c2cncc(C(=O)N/N=C/c3cc(OC)c(OC)c(OC)c3)n2)cc1. The van der Waals surface area contributed by atoms with E-state index in [0.29, 0.717) is 35.1 Å². The van der Waals surface area contributed by atoms with Crippen molar-refractivity contribution in [3.05, 3.63) is 60.0 Å². The smallest absolute Gasteiger partial charge is 0.291 e. The molecule has 0 bridgehead atoms. The third kappa shape index (κ3) is 5.31. The number of carbonyl (C=O) groups is 1. The van der Waals surface area contributed by atoms with Gasteiger partial charge in [0.25, 0.3) is 5.91 Å². The molecule has 0 aliphatic heterocycles. The molecular weight excluding hydrogens is 412 g/mol. The number of rotatable bonds is 9. The van der Waals surface area contributed by atoms with Gasteiger partial charge in [0.1, 0.15) is 11.4 Å². The van der Waals surface area contributed by atoms with Gasteiger partial charge in [-0.25, -0.2) is 10.4 Å². The molecule has 0 fully saturated rings. The minimum atomic E-state index is -0.492. The number of nitrogens with zero attached hydrogens (tertiary/aromatic N) is 3.